The van der Waals surface area contributed by atoms with Crippen LogP contribution in [0.1, 0.15) is 5.01 Å². The van der Waals surface area contributed by atoms with Crippen LogP contribution in [0.3, 0.4) is 0 Å². The summed E-state index contributed by atoms with van der Waals surface area (Å²) < 4.78 is 0.979. The number of aryl methyl sites for hydroxylation is 1. The standard InChI is InChI=1S/C12H10N2O3S/c1-7-13-9-3-2-8(6-10(9)18-7)14-11(15)4-5-12(16)17/h2-6H,1H3,(H,14,15)(H,16,17). The molecule has 1 heterocycles. The van der Waals surface area contributed by atoms with Crippen LogP contribution in [0.2, 0.25) is 0 Å². The van der Waals surface area contributed by atoms with E-state index in [1.54, 1.807) is 6.07 Å². The molecule has 5 nitrogen and oxygen atoms in total. The van der Waals surface area contributed by atoms with Gasteiger partial charge in [-0.3, -0.25) is 4.79 Å². The summed E-state index contributed by atoms with van der Waals surface area (Å²) in [6.45, 7) is 1.92. The van der Waals surface area contributed by atoms with Gasteiger partial charge in [-0.25, -0.2) is 9.78 Å². The fraction of sp³-hybridized carbons (Fsp3) is 0.0833. The Morgan fingerprint density at radius 2 is 2.17 bits per heavy atom. The van der Waals surface area contributed by atoms with Gasteiger partial charge >= 0.3 is 5.97 Å². The first kappa shape index (κ1) is 12.3. The molecule has 0 spiro atoms. The van der Waals surface area contributed by atoms with Gasteiger partial charge in [0.05, 0.1) is 15.2 Å². The van der Waals surface area contributed by atoms with Crippen LogP contribution in [0.5, 0.6) is 0 Å². The Bertz CT molecular complexity index is 646. The molecule has 0 saturated heterocycles. The summed E-state index contributed by atoms with van der Waals surface area (Å²) in [5, 5.41) is 11.9. The zero-order valence-electron chi connectivity index (χ0n) is 9.51. The molecule has 0 aliphatic heterocycles. The number of rotatable bonds is 3. The molecule has 2 N–H and O–H groups in total. The molecule has 6 heteroatoms. The van der Waals surface area contributed by atoms with Crippen LogP contribution in [0, 0.1) is 6.92 Å². The van der Waals surface area contributed by atoms with Gasteiger partial charge in [-0.05, 0) is 25.1 Å². The number of nitrogens with one attached hydrogen (secondary N) is 1. The number of amides is 1. The number of carbonyl (C=O) groups is 2. The third kappa shape index (κ3) is 2.92. The number of anilines is 1. The first-order valence-corrected chi connectivity index (χ1v) is 5.95. The summed E-state index contributed by atoms with van der Waals surface area (Å²) in [4.78, 5) is 26.0. The number of nitrogens with zero attached hydrogens (tertiary/aromatic N) is 1. The van der Waals surface area contributed by atoms with Crippen molar-refractivity contribution < 1.29 is 14.7 Å². The lowest BCUT2D eigenvalue weighted by Crippen LogP contribution is -2.08. The van der Waals surface area contributed by atoms with Crippen molar-refractivity contribution in [2.75, 3.05) is 5.32 Å². The van der Waals surface area contributed by atoms with Crippen molar-refractivity contribution in [3.63, 3.8) is 0 Å². The largest absolute Gasteiger partial charge is 0.478 e. The molecule has 0 radical (unpaired) electrons. The number of carboxylic acid groups (broad SMARTS) is 1. The average Bonchev–Trinajstić information content (AvgIpc) is 2.66. The Morgan fingerprint density at radius 1 is 1.39 bits per heavy atom. The molecule has 0 saturated carbocycles. The summed E-state index contributed by atoms with van der Waals surface area (Å²) in [5.41, 5.74) is 1.50. The molecule has 1 aromatic heterocycles. The van der Waals surface area contributed by atoms with Gasteiger partial charge in [-0.1, -0.05) is 0 Å². The molecule has 0 unspecified atom stereocenters. The number of benzene rings is 1. The van der Waals surface area contributed by atoms with Gasteiger partial charge in [0.15, 0.2) is 0 Å². The number of carbonyl (C=O) groups excluding carboxylic acids is 1. The molecule has 2 aromatic rings. The van der Waals surface area contributed by atoms with Crippen molar-refractivity contribution in [2.45, 2.75) is 6.92 Å². The van der Waals surface area contributed by atoms with E-state index in [9.17, 15) is 9.59 Å². The van der Waals surface area contributed by atoms with Crippen LogP contribution in [-0.4, -0.2) is 22.0 Å². The number of fused-ring (bicyclic) bond motifs is 1. The van der Waals surface area contributed by atoms with E-state index < -0.39 is 11.9 Å². The third-order valence-corrected chi connectivity index (χ3v) is 3.07. The van der Waals surface area contributed by atoms with E-state index in [1.807, 2.05) is 19.1 Å². The minimum atomic E-state index is -1.15. The summed E-state index contributed by atoms with van der Waals surface area (Å²) >= 11 is 1.54. The van der Waals surface area contributed by atoms with E-state index in [0.29, 0.717) is 5.69 Å². The van der Waals surface area contributed by atoms with Crippen molar-refractivity contribution in [1.29, 1.82) is 0 Å². The van der Waals surface area contributed by atoms with Crippen molar-refractivity contribution >= 4 is 39.1 Å². The van der Waals surface area contributed by atoms with Gasteiger partial charge in [0.25, 0.3) is 0 Å². The molecule has 0 aliphatic rings. The van der Waals surface area contributed by atoms with E-state index in [2.05, 4.69) is 10.3 Å². The third-order valence-electron chi connectivity index (χ3n) is 2.14. The Hall–Kier alpha value is -2.21. The first-order chi connectivity index (χ1) is 8.54. The Labute approximate surface area is 107 Å². The Morgan fingerprint density at radius 3 is 2.89 bits per heavy atom. The molecule has 0 fully saturated rings. The van der Waals surface area contributed by atoms with Crippen molar-refractivity contribution in [2.24, 2.45) is 0 Å². The fourth-order valence-electron chi connectivity index (χ4n) is 1.45. The molecular formula is C12H10N2O3S. The summed E-state index contributed by atoms with van der Waals surface area (Å²) in [5.74, 6) is -1.63. The highest BCUT2D eigenvalue weighted by Gasteiger charge is 2.03. The van der Waals surface area contributed by atoms with Gasteiger partial charge in [0.1, 0.15) is 0 Å². The van der Waals surface area contributed by atoms with Crippen LogP contribution in [0.25, 0.3) is 10.2 Å². The van der Waals surface area contributed by atoms with Gasteiger partial charge in [-0.15, -0.1) is 11.3 Å². The van der Waals surface area contributed by atoms with Crippen LogP contribution in [-0.2, 0) is 9.59 Å². The highest BCUT2D eigenvalue weighted by Crippen LogP contribution is 2.24. The molecule has 18 heavy (non-hydrogen) atoms. The maximum Gasteiger partial charge on any atom is 0.328 e. The molecule has 1 amide bonds. The average molecular weight is 262 g/mol. The monoisotopic (exact) mass is 262 g/mol. The summed E-state index contributed by atoms with van der Waals surface area (Å²) in [7, 11) is 0. The van der Waals surface area contributed by atoms with Crippen LogP contribution in [0.15, 0.2) is 30.4 Å². The maximum absolute atomic E-state index is 11.4. The second-order valence-electron chi connectivity index (χ2n) is 3.58. The molecule has 1 aromatic carbocycles. The van der Waals surface area contributed by atoms with Gasteiger partial charge < -0.3 is 10.4 Å². The normalized spacial score (nSPS) is 10.9. The topological polar surface area (TPSA) is 79.3 Å². The zero-order chi connectivity index (χ0) is 13.1. The lowest BCUT2D eigenvalue weighted by molar-refractivity contribution is -0.131. The predicted molar refractivity (Wildman–Crippen MR) is 69.8 cm³/mol. The highest BCUT2D eigenvalue weighted by atomic mass is 32.1. The molecule has 0 aliphatic carbocycles. The second kappa shape index (κ2) is 4.97. The van der Waals surface area contributed by atoms with E-state index >= 15 is 0 Å². The lowest BCUT2D eigenvalue weighted by Gasteiger charge is -2.00. The van der Waals surface area contributed by atoms with E-state index in [1.165, 1.54) is 11.3 Å². The number of aromatic nitrogens is 1. The highest BCUT2D eigenvalue weighted by molar-refractivity contribution is 7.18. The Balaban J connectivity index is 2.16. The minimum absolute atomic E-state index is 0.474. The predicted octanol–water partition coefficient (Wildman–Crippen LogP) is 2.18. The number of carboxylic acids is 1. The fourth-order valence-corrected chi connectivity index (χ4v) is 2.31. The van der Waals surface area contributed by atoms with Gasteiger partial charge in [0.2, 0.25) is 5.91 Å². The molecule has 2 rings (SSSR count). The SMILES string of the molecule is Cc1nc2ccc(NC(=O)C=CC(=O)O)cc2s1. The zero-order valence-corrected chi connectivity index (χ0v) is 10.3. The minimum Gasteiger partial charge on any atom is -0.478 e. The smallest absolute Gasteiger partial charge is 0.328 e. The number of hydrogen-bond donors (Lipinski definition) is 2. The van der Waals surface area contributed by atoms with E-state index in [-0.39, 0.29) is 0 Å². The molecule has 92 valence electrons. The van der Waals surface area contributed by atoms with E-state index in [4.69, 9.17) is 5.11 Å². The lowest BCUT2D eigenvalue weighted by atomic mass is 10.3. The maximum atomic E-state index is 11.4. The Kier molecular flexibility index (Phi) is 3.38. The van der Waals surface area contributed by atoms with Crippen LogP contribution < -0.4 is 5.32 Å². The van der Waals surface area contributed by atoms with E-state index in [0.717, 1.165) is 27.4 Å². The molecular weight excluding hydrogens is 252 g/mol. The van der Waals surface area contributed by atoms with Crippen molar-refractivity contribution in [3.8, 4) is 0 Å². The van der Waals surface area contributed by atoms with Crippen molar-refractivity contribution in [1.82, 2.24) is 4.98 Å². The second-order valence-corrected chi connectivity index (χ2v) is 4.81. The van der Waals surface area contributed by atoms with Crippen LogP contribution >= 0.6 is 11.3 Å². The number of aliphatic carboxylic acids is 1. The van der Waals surface area contributed by atoms with Gasteiger partial charge in [0, 0.05) is 17.8 Å². The van der Waals surface area contributed by atoms with Crippen molar-refractivity contribution in [3.05, 3.63) is 35.4 Å². The quantitative estimate of drug-likeness (QED) is 0.831. The van der Waals surface area contributed by atoms with Crippen LogP contribution in [0.4, 0.5) is 5.69 Å². The van der Waals surface area contributed by atoms with Gasteiger partial charge in [-0.2, -0.15) is 0 Å². The molecule has 0 bridgehead atoms. The molecule has 0 atom stereocenters. The number of hydrogen-bond acceptors (Lipinski definition) is 4. The summed E-state index contributed by atoms with van der Waals surface area (Å²) in [6, 6.07) is 5.36. The number of thiazole rings is 1. The summed E-state index contributed by atoms with van der Waals surface area (Å²) in [6.07, 6.45) is 1.77. The first-order valence-electron chi connectivity index (χ1n) is 5.14.